The van der Waals surface area contributed by atoms with Crippen molar-refractivity contribution in [2.75, 3.05) is 32.5 Å². The highest BCUT2D eigenvalue weighted by Gasteiger charge is 2.21. The molecule has 0 aromatic heterocycles. The predicted octanol–water partition coefficient (Wildman–Crippen LogP) is 2.94. The molecule has 0 aliphatic heterocycles. The minimum atomic E-state index is -3.76. The number of hydrogen-bond acceptors (Lipinski definition) is 4. The van der Waals surface area contributed by atoms with Crippen molar-refractivity contribution in [3.8, 4) is 0 Å². The lowest BCUT2D eigenvalue weighted by Gasteiger charge is -2.19. The van der Waals surface area contributed by atoms with Crippen molar-refractivity contribution in [3.63, 3.8) is 0 Å². The first-order valence-electron chi connectivity index (χ1n) is 9.84. The van der Waals surface area contributed by atoms with Crippen LogP contribution in [0, 0.1) is 19.7 Å². The molecule has 0 saturated heterocycles. The number of benzene rings is 2. The highest BCUT2D eigenvalue weighted by molar-refractivity contribution is 7.89. The van der Waals surface area contributed by atoms with Crippen molar-refractivity contribution in [1.29, 1.82) is 0 Å². The van der Waals surface area contributed by atoms with Gasteiger partial charge in [-0.15, -0.1) is 0 Å². The number of sulfonamides is 1. The number of likely N-dealkylation sites (N-methyl/N-ethyl adjacent to an activating group) is 1. The van der Waals surface area contributed by atoms with E-state index in [-0.39, 0.29) is 36.2 Å². The first-order valence-corrected chi connectivity index (χ1v) is 11.3. The van der Waals surface area contributed by atoms with Crippen LogP contribution in [-0.4, -0.2) is 56.6 Å². The summed E-state index contributed by atoms with van der Waals surface area (Å²) in [6.45, 7) is 3.88. The van der Waals surface area contributed by atoms with Crippen LogP contribution in [0.5, 0.6) is 0 Å². The van der Waals surface area contributed by atoms with E-state index in [0.717, 1.165) is 27.6 Å². The van der Waals surface area contributed by atoms with Crippen LogP contribution in [0.1, 0.15) is 24.0 Å². The third kappa shape index (κ3) is 6.60. The molecule has 2 amide bonds. The van der Waals surface area contributed by atoms with E-state index >= 15 is 0 Å². The van der Waals surface area contributed by atoms with Crippen molar-refractivity contribution in [2.45, 2.75) is 31.6 Å². The zero-order valence-corrected chi connectivity index (χ0v) is 19.0. The molecule has 0 atom stereocenters. The van der Waals surface area contributed by atoms with E-state index in [0.29, 0.717) is 12.1 Å². The van der Waals surface area contributed by atoms with Crippen molar-refractivity contribution < 1.29 is 22.4 Å². The quantitative estimate of drug-likeness (QED) is 0.638. The highest BCUT2D eigenvalue weighted by Crippen LogP contribution is 2.18. The number of amides is 2. The normalized spacial score (nSPS) is 11.4. The first kappa shape index (κ1) is 24.5. The molecule has 0 unspecified atom stereocenters. The Morgan fingerprint density at radius 2 is 1.68 bits per heavy atom. The Labute approximate surface area is 182 Å². The molecule has 2 aromatic rings. The van der Waals surface area contributed by atoms with Gasteiger partial charge in [-0.2, -0.15) is 0 Å². The third-order valence-corrected chi connectivity index (χ3v) is 6.94. The summed E-state index contributed by atoms with van der Waals surface area (Å²) in [5.41, 5.74) is 2.73. The summed E-state index contributed by atoms with van der Waals surface area (Å²) in [4.78, 5) is 25.9. The summed E-state index contributed by atoms with van der Waals surface area (Å²) in [6.07, 6.45) is 0.384. The van der Waals surface area contributed by atoms with Crippen LogP contribution in [-0.2, 0) is 19.6 Å². The molecule has 0 spiro atoms. The Hall–Kier alpha value is -2.78. The van der Waals surface area contributed by atoms with E-state index in [1.54, 1.807) is 6.07 Å². The fourth-order valence-corrected chi connectivity index (χ4v) is 4.14. The zero-order valence-electron chi connectivity index (χ0n) is 18.2. The Kier molecular flexibility index (Phi) is 8.29. The molecule has 0 fully saturated rings. The monoisotopic (exact) mass is 449 g/mol. The summed E-state index contributed by atoms with van der Waals surface area (Å²) in [5.74, 6) is -1.08. The molecule has 1 N–H and O–H groups in total. The van der Waals surface area contributed by atoms with Gasteiger partial charge in [0.15, 0.2) is 0 Å². The molecule has 0 bridgehead atoms. The standard InChI is InChI=1S/C22H28FN3O4S/c1-16-7-5-8-20(17(16)2)24-21(27)15-25(3)22(28)9-6-14-26(4)31(29,30)19-12-10-18(23)11-13-19/h5,7-8,10-13H,6,9,14-15H2,1-4H3,(H,24,27). The van der Waals surface area contributed by atoms with Gasteiger partial charge in [0.1, 0.15) is 5.82 Å². The molecule has 7 nitrogen and oxygen atoms in total. The molecular weight excluding hydrogens is 421 g/mol. The number of nitrogens with zero attached hydrogens (tertiary/aromatic N) is 2. The number of carbonyl (C=O) groups is 2. The minimum absolute atomic E-state index is 0.0112. The van der Waals surface area contributed by atoms with Crippen molar-refractivity contribution in [1.82, 2.24) is 9.21 Å². The fourth-order valence-electron chi connectivity index (χ4n) is 2.93. The van der Waals surface area contributed by atoms with Gasteiger partial charge in [0, 0.05) is 32.7 Å². The average Bonchev–Trinajstić information content (AvgIpc) is 2.71. The molecule has 168 valence electrons. The van der Waals surface area contributed by atoms with Gasteiger partial charge in [0.2, 0.25) is 21.8 Å². The number of hydrogen-bond donors (Lipinski definition) is 1. The topological polar surface area (TPSA) is 86.8 Å². The van der Waals surface area contributed by atoms with E-state index in [1.165, 1.54) is 31.1 Å². The van der Waals surface area contributed by atoms with Crippen LogP contribution in [0.3, 0.4) is 0 Å². The van der Waals surface area contributed by atoms with Crippen LogP contribution >= 0.6 is 0 Å². The molecule has 31 heavy (non-hydrogen) atoms. The van der Waals surface area contributed by atoms with Crippen LogP contribution in [0.2, 0.25) is 0 Å². The van der Waals surface area contributed by atoms with Crippen LogP contribution in [0.25, 0.3) is 0 Å². The van der Waals surface area contributed by atoms with Crippen LogP contribution in [0.4, 0.5) is 10.1 Å². The van der Waals surface area contributed by atoms with E-state index in [1.807, 2.05) is 26.0 Å². The SMILES string of the molecule is Cc1cccc(NC(=O)CN(C)C(=O)CCCN(C)S(=O)(=O)c2ccc(F)cc2)c1C. The summed E-state index contributed by atoms with van der Waals surface area (Å²) in [5, 5.41) is 2.81. The molecule has 0 aliphatic rings. The number of anilines is 1. The number of halogens is 1. The number of aryl methyl sites for hydroxylation is 1. The summed E-state index contributed by atoms with van der Waals surface area (Å²) in [7, 11) is -0.819. The lowest BCUT2D eigenvalue weighted by Crippen LogP contribution is -2.35. The van der Waals surface area contributed by atoms with Crippen molar-refractivity contribution in [3.05, 3.63) is 59.4 Å². The number of rotatable bonds is 9. The molecule has 0 heterocycles. The summed E-state index contributed by atoms with van der Waals surface area (Å²) in [6, 6.07) is 10.2. The second-order valence-corrected chi connectivity index (χ2v) is 9.47. The zero-order chi connectivity index (χ0) is 23.2. The Morgan fingerprint density at radius 3 is 2.32 bits per heavy atom. The summed E-state index contributed by atoms with van der Waals surface area (Å²) >= 11 is 0. The maximum absolute atomic E-state index is 13.0. The Morgan fingerprint density at radius 1 is 1.03 bits per heavy atom. The molecule has 0 radical (unpaired) electrons. The number of nitrogens with one attached hydrogen (secondary N) is 1. The molecular formula is C22H28FN3O4S. The van der Waals surface area contributed by atoms with Crippen molar-refractivity contribution in [2.24, 2.45) is 0 Å². The molecule has 2 rings (SSSR count). The lowest BCUT2D eigenvalue weighted by molar-refractivity contribution is -0.133. The van der Waals surface area contributed by atoms with Crippen LogP contribution in [0.15, 0.2) is 47.4 Å². The second kappa shape index (κ2) is 10.5. The molecule has 9 heteroatoms. The van der Waals surface area contributed by atoms with Gasteiger partial charge in [-0.3, -0.25) is 9.59 Å². The smallest absolute Gasteiger partial charge is 0.243 e. The second-order valence-electron chi connectivity index (χ2n) is 7.43. The van der Waals surface area contributed by atoms with E-state index in [4.69, 9.17) is 0 Å². The highest BCUT2D eigenvalue weighted by atomic mass is 32.2. The Bertz CT molecular complexity index is 1040. The predicted molar refractivity (Wildman–Crippen MR) is 118 cm³/mol. The lowest BCUT2D eigenvalue weighted by atomic mass is 10.1. The maximum Gasteiger partial charge on any atom is 0.243 e. The molecule has 2 aromatic carbocycles. The van der Waals surface area contributed by atoms with Crippen molar-refractivity contribution >= 4 is 27.5 Å². The van der Waals surface area contributed by atoms with E-state index in [2.05, 4.69) is 5.32 Å². The molecule has 0 aliphatic carbocycles. The van der Waals surface area contributed by atoms with Gasteiger partial charge in [0.05, 0.1) is 11.4 Å². The minimum Gasteiger partial charge on any atom is -0.336 e. The van der Waals surface area contributed by atoms with Gasteiger partial charge in [-0.1, -0.05) is 12.1 Å². The van der Waals surface area contributed by atoms with Gasteiger partial charge >= 0.3 is 0 Å². The first-order chi connectivity index (χ1) is 14.5. The molecule has 0 saturated carbocycles. The Balaban J connectivity index is 1.82. The number of carbonyl (C=O) groups excluding carboxylic acids is 2. The third-order valence-electron chi connectivity index (χ3n) is 5.07. The van der Waals surface area contributed by atoms with Crippen LogP contribution < -0.4 is 5.32 Å². The van der Waals surface area contributed by atoms with Gasteiger partial charge in [0.25, 0.3) is 0 Å². The summed E-state index contributed by atoms with van der Waals surface area (Å²) < 4.78 is 39.1. The average molecular weight is 450 g/mol. The van der Waals surface area contributed by atoms with E-state index < -0.39 is 15.8 Å². The van der Waals surface area contributed by atoms with Gasteiger partial charge in [-0.05, 0) is 61.7 Å². The largest absolute Gasteiger partial charge is 0.336 e. The van der Waals surface area contributed by atoms with Gasteiger partial charge in [-0.25, -0.2) is 17.1 Å². The fraction of sp³-hybridized carbons (Fsp3) is 0.364. The maximum atomic E-state index is 13.0. The van der Waals surface area contributed by atoms with E-state index in [9.17, 15) is 22.4 Å². The van der Waals surface area contributed by atoms with Gasteiger partial charge < -0.3 is 10.2 Å².